The van der Waals surface area contributed by atoms with Crippen LogP contribution in [0.3, 0.4) is 0 Å². The molecule has 126 valence electrons. The van der Waals surface area contributed by atoms with E-state index >= 15 is 0 Å². The van der Waals surface area contributed by atoms with Crippen molar-refractivity contribution in [2.75, 3.05) is 6.54 Å². The molecule has 6 heteroatoms. The molecule has 0 spiro atoms. The summed E-state index contributed by atoms with van der Waals surface area (Å²) in [5.74, 6) is -0.343. The number of nitrogens with zero attached hydrogens (tertiary/aromatic N) is 1. The van der Waals surface area contributed by atoms with E-state index in [1.165, 1.54) is 6.08 Å². The minimum atomic E-state index is -0.425. The molecule has 4 nitrogen and oxygen atoms in total. The Kier molecular flexibility index (Phi) is 5.26. The van der Waals surface area contributed by atoms with Crippen LogP contribution in [0.15, 0.2) is 76.7 Å². The molecular formula is C19H15ClN2O2S. The van der Waals surface area contributed by atoms with Gasteiger partial charge in [-0.05, 0) is 48.0 Å². The van der Waals surface area contributed by atoms with Crippen LogP contribution in [0.1, 0.15) is 5.56 Å². The molecule has 0 unspecified atom stereocenters. The summed E-state index contributed by atoms with van der Waals surface area (Å²) >= 11 is 7.51. The van der Waals surface area contributed by atoms with E-state index in [1.54, 1.807) is 17.8 Å². The number of halogens is 1. The summed E-state index contributed by atoms with van der Waals surface area (Å²) in [7, 11) is 0. The van der Waals surface area contributed by atoms with E-state index < -0.39 is 6.03 Å². The number of imide groups is 1. The highest BCUT2D eigenvalue weighted by molar-refractivity contribution is 7.99. The van der Waals surface area contributed by atoms with Crippen molar-refractivity contribution in [1.82, 2.24) is 10.2 Å². The van der Waals surface area contributed by atoms with Crippen molar-refractivity contribution >= 4 is 41.4 Å². The van der Waals surface area contributed by atoms with Gasteiger partial charge in [0.05, 0.1) is 0 Å². The van der Waals surface area contributed by atoms with Gasteiger partial charge >= 0.3 is 6.03 Å². The Hall–Kier alpha value is -2.50. The summed E-state index contributed by atoms with van der Waals surface area (Å²) in [5, 5.41) is 3.29. The molecule has 2 aromatic rings. The Bertz CT molecular complexity index is 845. The van der Waals surface area contributed by atoms with Gasteiger partial charge in [-0.25, -0.2) is 4.79 Å². The smallest absolute Gasteiger partial charge is 0.303 e. The Morgan fingerprint density at radius 1 is 1.04 bits per heavy atom. The average molecular weight is 371 g/mol. The van der Waals surface area contributed by atoms with E-state index in [-0.39, 0.29) is 18.1 Å². The van der Waals surface area contributed by atoms with Gasteiger partial charge in [0.25, 0.3) is 5.91 Å². The minimum Gasteiger partial charge on any atom is -0.303 e. The number of hydrogen-bond acceptors (Lipinski definition) is 3. The monoisotopic (exact) mass is 370 g/mol. The Morgan fingerprint density at radius 3 is 2.24 bits per heavy atom. The standard InChI is InChI=1S/C19H15ClN2O2S/c1-2-11-22-18(23)17(21-19(22)24)12-13-3-7-15(8-4-13)25-16-9-5-14(20)6-10-16/h2-10,12H,1,11H2,(H,21,24)/b17-12-. The molecule has 1 fully saturated rings. The average Bonchev–Trinajstić information content (AvgIpc) is 2.86. The van der Waals surface area contributed by atoms with Gasteiger partial charge < -0.3 is 5.32 Å². The van der Waals surface area contributed by atoms with Crippen LogP contribution < -0.4 is 5.32 Å². The summed E-state index contributed by atoms with van der Waals surface area (Å²) in [6, 6.07) is 14.9. The molecule has 1 N–H and O–H groups in total. The lowest BCUT2D eigenvalue weighted by Gasteiger charge is -2.06. The maximum absolute atomic E-state index is 12.2. The third kappa shape index (κ3) is 4.13. The predicted octanol–water partition coefficient (Wildman–Crippen LogP) is 4.57. The lowest BCUT2D eigenvalue weighted by atomic mass is 10.2. The number of nitrogens with one attached hydrogen (secondary N) is 1. The van der Waals surface area contributed by atoms with Crippen LogP contribution in [0, 0.1) is 0 Å². The van der Waals surface area contributed by atoms with Crippen molar-refractivity contribution in [3.05, 3.63) is 77.5 Å². The molecule has 0 aliphatic carbocycles. The summed E-state index contributed by atoms with van der Waals surface area (Å²) in [6.45, 7) is 3.74. The van der Waals surface area contributed by atoms with E-state index in [4.69, 9.17) is 11.6 Å². The van der Waals surface area contributed by atoms with Crippen molar-refractivity contribution < 1.29 is 9.59 Å². The summed E-state index contributed by atoms with van der Waals surface area (Å²) in [4.78, 5) is 27.2. The maximum Gasteiger partial charge on any atom is 0.329 e. The van der Waals surface area contributed by atoms with Crippen LogP contribution in [-0.4, -0.2) is 23.4 Å². The first-order valence-corrected chi connectivity index (χ1v) is 8.75. The zero-order chi connectivity index (χ0) is 17.8. The van der Waals surface area contributed by atoms with E-state index in [9.17, 15) is 9.59 Å². The molecule has 25 heavy (non-hydrogen) atoms. The Balaban J connectivity index is 1.72. The van der Waals surface area contributed by atoms with Gasteiger partial charge in [0.1, 0.15) is 5.70 Å². The van der Waals surface area contributed by atoms with Gasteiger partial charge in [0.15, 0.2) is 0 Å². The largest absolute Gasteiger partial charge is 0.329 e. The number of rotatable bonds is 5. The first kappa shape index (κ1) is 17.3. The summed E-state index contributed by atoms with van der Waals surface area (Å²) in [6.07, 6.45) is 3.18. The van der Waals surface area contributed by atoms with E-state index in [2.05, 4.69) is 11.9 Å². The van der Waals surface area contributed by atoms with Gasteiger partial charge in [0.2, 0.25) is 0 Å². The number of benzene rings is 2. The van der Waals surface area contributed by atoms with Crippen LogP contribution in [-0.2, 0) is 4.79 Å². The van der Waals surface area contributed by atoms with Crippen LogP contribution in [0.25, 0.3) is 6.08 Å². The van der Waals surface area contributed by atoms with Crippen LogP contribution in [0.5, 0.6) is 0 Å². The second kappa shape index (κ2) is 7.59. The maximum atomic E-state index is 12.2. The number of carbonyl (C=O) groups is 2. The van der Waals surface area contributed by atoms with Crippen molar-refractivity contribution in [3.8, 4) is 0 Å². The van der Waals surface area contributed by atoms with Gasteiger partial charge in [0, 0.05) is 21.4 Å². The highest BCUT2D eigenvalue weighted by atomic mass is 35.5. The first-order valence-electron chi connectivity index (χ1n) is 7.56. The molecule has 1 aliphatic heterocycles. The topological polar surface area (TPSA) is 49.4 Å². The minimum absolute atomic E-state index is 0.193. The molecule has 0 saturated carbocycles. The number of carbonyl (C=O) groups excluding carboxylic acids is 2. The summed E-state index contributed by atoms with van der Waals surface area (Å²) < 4.78 is 0. The van der Waals surface area contributed by atoms with Crippen LogP contribution in [0.4, 0.5) is 4.79 Å². The van der Waals surface area contributed by atoms with Crippen LogP contribution in [0.2, 0.25) is 5.02 Å². The van der Waals surface area contributed by atoms with E-state index in [1.807, 2.05) is 48.5 Å². The van der Waals surface area contributed by atoms with Crippen molar-refractivity contribution in [2.45, 2.75) is 9.79 Å². The van der Waals surface area contributed by atoms with Gasteiger partial charge in [-0.3, -0.25) is 9.69 Å². The molecule has 1 aliphatic rings. The van der Waals surface area contributed by atoms with E-state index in [0.29, 0.717) is 5.02 Å². The lowest BCUT2D eigenvalue weighted by Crippen LogP contribution is -2.30. The fourth-order valence-electron chi connectivity index (χ4n) is 2.30. The molecule has 0 aromatic heterocycles. The lowest BCUT2D eigenvalue weighted by molar-refractivity contribution is -0.122. The third-order valence-corrected chi connectivity index (χ3v) is 4.78. The normalized spacial score (nSPS) is 15.6. The fraction of sp³-hybridized carbons (Fsp3) is 0.0526. The molecule has 3 rings (SSSR count). The second-order valence-corrected chi connectivity index (χ2v) is 6.90. The highest BCUT2D eigenvalue weighted by Crippen LogP contribution is 2.29. The first-order chi connectivity index (χ1) is 12.1. The number of hydrogen-bond donors (Lipinski definition) is 1. The van der Waals surface area contributed by atoms with Crippen molar-refractivity contribution in [1.29, 1.82) is 0 Å². The highest BCUT2D eigenvalue weighted by Gasteiger charge is 2.32. The van der Waals surface area contributed by atoms with Gasteiger partial charge in [-0.15, -0.1) is 6.58 Å². The molecule has 3 amide bonds. The molecule has 1 heterocycles. The molecule has 0 bridgehead atoms. The predicted molar refractivity (Wildman–Crippen MR) is 100 cm³/mol. The molecule has 0 radical (unpaired) electrons. The third-order valence-electron chi connectivity index (χ3n) is 3.51. The quantitative estimate of drug-likeness (QED) is 0.476. The molecule has 0 atom stereocenters. The van der Waals surface area contributed by atoms with Crippen molar-refractivity contribution in [3.63, 3.8) is 0 Å². The zero-order valence-electron chi connectivity index (χ0n) is 13.2. The second-order valence-electron chi connectivity index (χ2n) is 5.32. The number of urea groups is 1. The Morgan fingerprint density at radius 2 is 1.64 bits per heavy atom. The molecule has 2 aromatic carbocycles. The van der Waals surface area contributed by atoms with Gasteiger partial charge in [-0.2, -0.15) is 0 Å². The number of amides is 3. The summed E-state index contributed by atoms with van der Waals surface area (Å²) in [5.41, 5.74) is 1.11. The fourth-order valence-corrected chi connectivity index (χ4v) is 3.25. The Labute approximate surface area is 155 Å². The van der Waals surface area contributed by atoms with Crippen molar-refractivity contribution in [2.24, 2.45) is 0 Å². The van der Waals surface area contributed by atoms with Gasteiger partial charge in [-0.1, -0.05) is 41.6 Å². The van der Waals surface area contributed by atoms with E-state index in [0.717, 1.165) is 20.3 Å². The molecular weight excluding hydrogens is 356 g/mol. The van der Waals surface area contributed by atoms with Crippen LogP contribution >= 0.6 is 23.4 Å². The SMILES string of the molecule is C=CCN1C(=O)N/C(=C\c2ccc(Sc3ccc(Cl)cc3)cc2)C1=O. The molecule has 1 saturated heterocycles. The zero-order valence-corrected chi connectivity index (χ0v) is 14.8.